The highest BCUT2D eigenvalue weighted by atomic mass is 15.1. The van der Waals surface area contributed by atoms with E-state index in [0.29, 0.717) is 6.04 Å². The van der Waals surface area contributed by atoms with Gasteiger partial charge >= 0.3 is 0 Å². The second-order valence-electron chi connectivity index (χ2n) is 4.55. The van der Waals surface area contributed by atoms with E-state index >= 15 is 0 Å². The van der Waals surface area contributed by atoms with Gasteiger partial charge in [0.15, 0.2) is 0 Å². The highest BCUT2D eigenvalue weighted by Crippen LogP contribution is 2.18. The number of rotatable bonds is 6. The van der Waals surface area contributed by atoms with Crippen molar-refractivity contribution in [3.63, 3.8) is 0 Å². The average molecular weight is 220 g/mol. The highest BCUT2D eigenvalue weighted by Gasteiger charge is 2.06. The highest BCUT2D eigenvalue weighted by molar-refractivity contribution is 5.52. The maximum Gasteiger partial charge on any atom is 0.0393 e. The summed E-state index contributed by atoms with van der Waals surface area (Å²) >= 11 is 0. The molecule has 16 heavy (non-hydrogen) atoms. The predicted molar refractivity (Wildman–Crippen MR) is 71.9 cm³/mol. The van der Waals surface area contributed by atoms with Crippen LogP contribution < -0.4 is 10.6 Å². The molecule has 0 amide bonds. The van der Waals surface area contributed by atoms with Crippen LogP contribution in [0.1, 0.15) is 31.7 Å². The van der Waals surface area contributed by atoms with Gasteiger partial charge in [-0.1, -0.05) is 31.5 Å². The Labute approximate surface area is 99.5 Å². The van der Waals surface area contributed by atoms with Crippen LogP contribution in [0.2, 0.25) is 0 Å². The van der Waals surface area contributed by atoms with Gasteiger partial charge in [-0.3, -0.25) is 0 Å². The monoisotopic (exact) mass is 220 g/mol. The van der Waals surface area contributed by atoms with Gasteiger partial charge in [0.05, 0.1) is 0 Å². The van der Waals surface area contributed by atoms with Crippen molar-refractivity contribution in [2.24, 2.45) is 5.73 Å². The summed E-state index contributed by atoms with van der Waals surface area (Å²) < 4.78 is 0. The number of aryl methyl sites for hydroxylation is 1. The minimum atomic E-state index is 0.344. The molecule has 1 atom stereocenters. The van der Waals surface area contributed by atoms with Gasteiger partial charge in [-0.15, -0.1) is 0 Å². The lowest BCUT2D eigenvalue weighted by Gasteiger charge is -2.23. The zero-order valence-electron chi connectivity index (χ0n) is 10.7. The first kappa shape index (κ1) is 13.0. The van der Waals surface area contributed by atoms with Crippen molar-refractivity contribution in [3.8, 4) is 0 Å². The molecule has 2 nitrogen and oxygen atoms in total. The van der Waals surface area contributed by atoms with Crippen LogP contribution in [-0.2, 0) is 0 Å². The summed E-state index contributed by atoms with van der Waals surface area (Å²) in [4.78, 5) is 2.30. The minimum Gasteiger partial charge on any atom is -0.374 e. The third-order valence-corrected chi connectivity index (χ3v) is 3.02. The van der Waals surface area contributed by atoms with E-state index in [2.05, 4.69) is 50.1 Å². The van der Waals surface area contributed by atoms with Crippen molar-refractivity contribution in [3.05, 3.63) is 29.8 Å². The lowest BCUT2D eigenvalue weighted by molar-refractivity contribution is 0.560. The Morgan fingerprint density at radius 2 is 1.94 bits per heavy atom. The Bertz CT molecular complexity index is 309. The number of hydrogen-bond donors (Lipinski definition) is 1. The van der Waals surface area contributed by atoms with Crippen molar-refractivity contribution in [1.82, 2.24) is 0 Å². The van der Waals surface area contributed by atoms with Crippen molar-refractivity contribution in [2.75, 3.05) is 18.5 Å². The van der Waals surface area contributed by atoms with Crippen LogP contribution in [0.5, 0.6) is 0 Å². The molecular formula is C14H24N2. The second kappa shape index (κ2) is 6.54. The predicted octanol–water partition coefficient (Wildman–Crippen LogP) is 2.95. The van der Waals surface area contributed by atoms with E-state index in [-0.39, 0.29) is 0 Å². The first-order chi connectivity index (χ1) is 7.65. The third-order valence-electron chi connectivity index (χ3n) is 3.02. The fraction of sp³-hybridized carbons (Fsp3) is 0.571. The largest absolute Gasteiger partial charge is 0.374 e. The molecule has 0 aliphatic carbocycles. The van der Waals surface area contributed by atoms with Crippen LogP contribution >= 0.6 is 0 Å². The summed E-state index contributed by atoms with van der Waals surface area (Å²) in [5.41, 5.74) is 8.66. The van der Waals surface area contributed by atoms with Crippen molar-refractivity contribution >= 4 is 5.69 Å². The molecule has 0 heterocycles. The molecule has 2 heteroatoms. The van der Waals surface area contributed by atoms with E-state index < -0.39 is 0 Å². The molecule has 90 valence electrons. The number of anilines is 1. The Hall–Kier alpha value is -1.02. The first-order valence-corrected chi connectivity index (χ1v) is 6.17. The van der Waals surface area contributed by atoms with Gasteiger partial charge in [-0.25, -0.2) is 0 Å². The normalized spacial score (nSPS) is 12.5. The van der Waals surface area contributed by atoms with Gasteiger partial charge in [0.2, 0.25) is 0 Å². The van der Waals surface area contributed by atoms with Crippen LogP contribution in [0.25, 0.3) is 0 Å². The maximum atomic E-state index is 6.02. The van der Waals surface area contributed by atoms with Gasteiger partial charge in [-0.05, 0) is 31.4 Å². The first-order valence-electron chi connectivity index (χ1n) is 6.17. The summed E-state index contributed by atoms with van der Waals surface area (Å²) in [6, 6.07) is 8.83. The van der Waals surface area contributed by atoms with Gasteiger partial charge in [0.1, 0.15) is 0 Å². The number of nitrogens with two attached hydrogens (primary N) is 1. The molecule has 0 aliphatic heterocycles. The maximum absolute atomic E-state index is 6.02. The van der Waals surface area contributed by atoms with Crippen LogP contribution in [0, 0.1) is 6.92 Å². The van der Waals surface area contributed by atoms with Crippen LogP contribution in [0.15, 0.2) is 24.3 Å². The van der Waals surface area contributed by atoms with Crippen LogP contribution in [0.3, 0.4) is 0 Å². The quantitative estimate of drug-likeness (QED) is 0.798. The van der Waals surface area contributed by atoms with E-state index in [0.717, 1.165) is 19.4 Å². The molecule has 1 unspecified atom stereocenters. The Kier molecular flexibility index (Phi) is 5.33. The van der Waals surface area contributed by atoms with Crippen molar-refractivity contribution in [2.45, 2.75) is 39.2 Å². The standard InChI is InChI=1S/C14H24N2/c1-4-7-13(15)10-11-16(3)14-9-6-5-8-12(14)2/h5-6,8-9,13H,4,7,10-11,15H2,1-3H3. The fourth-order valence-corrected chi connectivity index (χ4v) is 1.99. The molecule has 1 rings (SSSR count). The summed E-state index contributed by atoms with van der Waals surface area (Å²) in [5, 5.41) is 0. The molecule has 0 aliphatic rings. The molecule has 0 fully saturated rings. The number of hydrogen-bond acceptors (Lipinski definition) is 2. The van der Waals surface area contributed by atoms with Crippen LogP contribution in [0.4, 0.5) is 5.69 Å². The zero-order valence-corrected chi connectivity index (χ0v) is 10.7. The van der Waals surface area contributed by atoms with E-state index in [1.165, 1.54) is 17.7 Å². The SMILES string of the molecule is CCCC(N)CCN(C)c1ccccc1C. The zero-order chi connectivity index (χ0) is 12.0. The lowest BCUT2D eigenvalue weighted by atomic mass is 10.1. The van der Waals surface area contributed by atoms with Gasteiger partial charge in [-0.2, -0.15) is 0 Å². The second-order valence-corrected chi connectivity index (χ2v) is 4.55. The smallest absolute Gasteiger partial charge is 0.0393 e. The molecule has 1 aromatic carbocycles. The third kappa shape index (κ3) is 3.86. The number of nitrogens with zero attached hydrogens (tertiary/aromatic N) is 1. The molecular weight excluding hydrogens is 196 g/mol. The fourth-order valence-electron chi connectivity index (χ4n) is 1.99. The topological polar surface area (TPSA) is 29.3 Å². The molecule has 0 radical (unpaired) electrons. The van der Waals surface area contributed by atoms with Crippen LogP contribution in [-0.4, -0.2) is 19.6 Å². The Morgan fingerprint density at radius 3 is 2.56 bits per heavy atom. The molecule has 0 spiro atoms. The minimum absolute atomic E-state index is 0.344. The van der Waals surface area contributed by atoms with E-state index in [1.54, 1.807) is 0 Å². The van der Waals surface area contributed by atoms with Crippen molar-refractivity contribution < 1.29 is 0 Å². The lowest BCUT2D eigenvalue weighted by Crippen LogP contribution is -2.28. The molecule has 0 bridgehead atoms. The molecule has 0 saturated carbocycles. The molecule has 0 aromatic heterocycles. The average Bonchev–Trinajstić information content (AvgIpc) is 2.27. The molecule has 0 saturated heterocycles. The summed E-state index contributed by atoms with van der Waals surface area (Å²) in [6.07, 6.45) is 3.37. The number of para-hydroxylation sites is 1. The number of benzene rings is 1. The summed E-state index contributed by atoms with van der Waals surface area (Å²) in [5.74, 6) is 0. The van der Waals surface area contributed by atoms with Gasteiger partial charge in [0.25, 0.3) is 0 Å². The summed E-state index contributed by atoms with van der Waals surface area (Å²) in [6.45, 7) is 5.37. The van der Waals surface area contributed by atoms with E-state index in [9.17, 15) is 0 Å². The van der Waals surface area contributed by atoms with E-state index in [4.69, 9.17) is 5.73 Å². The molecule has 1 aromatic rings. The molecule has 2 N–H and O–H groups in total. The van der Waals surface area contributed by atoms with Crippen molar-refractivity contribution in [1.29, 1.82) is 0 Å². The van der Waals surface area contributed by atoms with Gasteiger partial charge < -0.3 is 10.6 Å². The Morgan fingerprint density at radius 1 is 1.25 bits per heavy atom. The van der Waals surface area contributed by atoms with E-state index in [1.807, 2.05) is 0 Å². The summed E-state index contributed by atoms with van der Waals surface area (Å²) in [7, 11) is 2.14. The Balaban J connectivity index is 2.46. The van der Waals surface area contributed by atoms with Gasteiger partial charge in [0, 0.05) is 25.3 Å².